The van der Waals surface area contributed by atoms with Gasteiger partial charge in [-0.25, -0.2) is 4.98 Å². The maximum absolute atomic E-state index is 6.59. The maximum Gasteiger partial charge on any atom is 0.238 e. The van der Waals surface area contributed by atoms with Gasteiger partial charge in [0, 0.05) is 67.5 Å². The Bertz CT molecular complexity index is 3400. The second-order valence-electron chi connectivity index (χ2n) is 12.9. The van der Waals surface area contributed by atoms with Crippen LogP contribution in [0.3, 0.4) is 0 Å². The van der Waals surface area contributed by atoms with E-state index in [1.807, 2.05) is 34.8 Å². The summed E-state index contributed by atoms with van der Waals surface area (Å²) in [5, 5.41) is 11.9. The SMILES string of the molecule is c1ccc2c(c1)oc1nc(-n3c4ccccc4c4c5sc6ccccc6c5c5ccccc5c43)nc(-c3cccc4c3sc3ccccc34)c12. The van der Waals surface area contributed by atoms with Gasteiger partial charge < -0.3 is 4.42 Å². The van der Waals surface area contributed by atoms with Crippen LogP contribution < -0.4 is 0 Å². The van der Waals surface area contributed by atoms with Crippen molar-refractivity contribution in [2.45, 2.75) is 0 Å². The van der Waals surface area contributed by atoms with Gasteiger partial charge in [-0.05, 0) is 29.7 Å². The highest BCUT2D eigenvalue weighted by Gasteiger charge is 2.25. The standard InChI is InChI=1S/C44H23N3OS2/c1-2-14-26-25(13-1)36-30-17-6-10-23-35(30)50-42(36)38-28-15-3-7-20-32(28)47(40(26)38)44-45-39(37-29-16-4-8-21-33(29)48-43(37)46-44)31-19-11-18-27-24-12-5-9-22-34(24)49-41(27)31/h1-23H. The molecule has 12 aromatic rings. The zero-order valence-corrected chi connectivity index (χ0v) is 28.0. The van der Waals surface area contributed by atoms with Crippen molar-refractivity contribution in [1.82, 2.24) is 14.5 Å². The van der Waals surface area contributed by atoms with E-state index in [0.29, 0.717) is 11.7 Å². The maximum atomic E-state index is 6.59. The van der Waals surface area contributed by atoms with E-state index < -0.39 is 0 Å². The molecule has 232 valence electrons. The van der Waals surface area contributed by atoms with Crippen molar-refractivity contribution in [2.24, 2.45) is 0 Å². The average Bonchev–Trinajstić information content (AvgIpc) is 3.93. The van der Waals surface area contributed by atoms with Crippen LogP contribution in [0.15, 0.2) is 144 Å². The molecule has 6 heteroatoms. The first kappa shape index (κ1) is 26.8. The zero-order chi connectivity index (χ0) is 32.5. The van der Waals surface area contributed by atoms with Gasteiger partial charge in [0.25, 0.3) is 0 Å². The number of benzene rings is 7. The summed E-state index contributed by atoms with van der Waals surface area (Å²) in [6.45, 7) is 0. The first-order chi connectivity index (χ1) is 24.8. The smallest absolute Gasteiger partial charge is 0.238 e. The predicted molar refractivity (Wildman–Crippen MR) is 212 cm³/mol. The molecule has 0 unspecified atom stereocenters. The van der Waals surface area contributed by atoms with Crippen molar-refractivity contribution in [3.63, 3.8) is 0 Å². The van der Waals surface area contributed by atoms with Crippen molar-refractivity contribution in [1.29, 1.82) is 0 Å². The second kappa shape index (κ2) is 9.76. The van der Waals surface area contributed by atoms with E-state index in [1.165, 1.54) is 61.9 Å². The zero-order valence-electron chi connectivity index (χ0n) is 26.3. The summed E-state index contributed by atoms with van der Waals surface area (Å²) in [5.41, 5.74) is 5.54. The number of furan rings is 1. The third-order valence-electron chi connectivity index (χ3n) is 10.2. The van der Waals surface area contributed by atoms with Gasteiger partial charge in [-0.3, -0.25) is 4.57 Å². The van der Waals surface area contributed by atoms with Gasteiger partial charge in [0.2, 0.25) is 11.7 Å². The molecule has 4 nitrogen and oxygen atoms in total. The Balaban J connectivity index is 1.29. The van der Waals surface area contributed by atoms with Gasteiger partial charge in [-0.2, -0.15) is 4.98 Å². The van der Waals surface area contributed by atoms with Gasteiger partial charge >= 0.3 is 0 Å². The van der Waals surface area contributed by atoms with Crippen molar-refractivity contribution in [3.8, 4) is 17.2 Å². The lowest BCUT2D eigenvalue weighted by atomic mass is 10.00. The Morgan fingerprint density at radius 3 is 1.96 bits per heavy atom. The molecule has 0 amide bonds. The van der Waals surface area contributed by atoms with Crippen LogP contribution in [-0.4, -0.2) is 14.5 Å². The molecule has 5 heterocycles. The first-order valence-electron chi connectivity index (χ1n) is 16.7. The van der Waals surface area contributed by atoms with E-state index in [4.69, 9.17) is 14.4 Å². The molecule has 5 aromatic heterocycles. The summed E-state index contributed by atoms with van der Waals surface area (Å²) in [4.78, 5) is 10.9. The molecular weight excluding hydrogens is 651 g/mol. The van der Waals surface area contributed by atoms with Crippen molar-refractivity contribution < 1.29 is 4.42 Å². The summed E-state index contributed by atoms with van der Waals surface area (Å²) >= 11 is 3.68. The van der Waals surface area contributed by atoms with E-state index in [1.54, 1.807) is 0 Å². The number of hydrogen-bond donors (Lipinski definition) is 0. The molecule has 7 aromatic carbocycles. The minimum Gasteiger partial charge on any atom is -0.437 e. The number of nitrogens with zero attached hydrogens (tertiary/aromatic N) is 3. The Morgan fingerprint density at radius 1 is 0.460 bits per heavy atom. The lowest BCUT2D eigenvalue weighted by Gasteiger charge is -2.12. The molecule has 0 aliphatic carbocycles. The molecule has 0 bridgehead atoms. The van der Waals surface area contributed by atoms with Crippen LogP contribution in [0.5, 0.6) is 0 Å². The second-order valence-corrected chi connectivity index (χ2v) is 15.0. The first-order valence-corrected chi connectivity index (χ1v) is 18.3. The predicted octanol–water partition coefficient (Wildman–Crippen LogP) is 13.0. The number of hydrogen-bond acceptors (Lipinski definition) is 5. The quantitative estimate of drug-likeness (QED) is 0.183. The van der Waals surface area contributed by atoms with Gasteiger partial charge in [0.05, 0.1) is 22.1 Å². The van der Waals surface area contributed by atoms with Crippen LogP contribution in [0.4, 0.5) is 0 Å². The number of thiophene rings is 2. The molecule has 0 saturated carbocycles. The Labute approximate surface area is 292 Å². The van der Waals surface area contributed by atoms with Crippen LogP contribution in [0, 0.1) is 0 Å². The third-order valence-corrected chi connectivity index (χ3v) is 12.6. The molecule has 0 radical (unpaired) electrons. The van der Waals surface area contributed by atoms with Gasteiger partial charge in [0.1, 0.15) is 5.58 Å². The summed E-state index contributed by atoms with van der Waals surface area (Å²) < 4.78 is 13.9. The lowest BCUT2D eigenvalue weighted by Crippen LogP contribution is -2.03. The largest absolute Gasteiger partial charge is 0.437 e. The highest BCUT2D eigenvalue weighted by atomic mass is 32.1. The molecule has 0 aliphatic heterocycles. The van der Waals surface area contributed by atoms with E-state index in [2.05, 4.69) is 132 Å². The molecule has 12 rings (SSSR count). The molecule has 0 N–H and O–H groups in total. The average molecular weight is 674 g/mol. The van der Waals surface area contributed by atoms with Crippen LogP contribution in [0.1, 0.15) is 0 Å². The lowest BCUT2D eigenvalue weighted by molar-refractivity contribution is 0.651. The Hall–Kier alpha value is -6.08. The molecular formula is C44H23N3OS2. The Morgan fingerprint density at radius 2 is 1.10 bits per heavy atom. The van der Waals surface area contributed by atoms with E-state index in [-0.39, 0.29) is 0 Å². The minimum absolute atomic E-state index is 0.586. The van der Waals surface area contributed by atoms with Crippen LogP contribution >= 0.6 is 22.7 Å². The van der Waals surface area contributed by atoms with E-state index >= 15 is 0 Å². The van der Waals surface area contributed by atoms with Crippen LogP contribution in [0.2, 0.25) is 0 Å². The molecule has 50 heavy (non-hydrogen) atoms. The fourth-order valence-corrected chi connectivity index (χ4v) is 10.7. The normalized spacial score (nSPS) is 12.4. The summed E-state index contributed by atoms with van der Waals surface area (Å²) in [6, 6.07) is 49.7. The van der Waals surface area contributed by atoms with E-state index in [0.717, 1.165) is 38.6 Å². The molecule has 0 atom stereocenters. The third kappa shape index (κ3) is 3.44. The van der Waals surface area contributed by atoms with E-state index in [9.17, 15) is 0 Å². The van der Waals surface area contributed by atoms with Crippen LogP contribution in [0.25, 0.3) is 112 Å². The summed E-state index contributed by atoms with van der Waals surface area (Å²) in [5.74, 6) is 0.599. The Kier molecular flexibility index (Phi) is 5.23. The molecule has 0 spiro atoms. The highest BCUT2D eigenvalue weighted by Crippen LogP contribution is 2.49. The molecule has 0 fully saturated rings. The molecule has 0 aliphatic rings. The number of fused-ring (bicyclic) bond motifs is 16. The summed E-state index contributed by atoms with van der Waals surface area (Å²) in [7, 11) is 0. The molecule has 0 saturated heterocycles. The van der Waals surface area contributed by atoms with Crippen molar-refractivity contribution in [3.05, 3.63) is 140 Å². The van der Waals surface area contributed by atoms with Crippen molar-refractivity contribution in [2.75, 3.05) is 0 Å². The highest BCUT2D eigenvalue weighted by molar-refractivity contribution is 7.27. The number of aromatic nitrogens is 3. The topological polar surface area (TPSA) is 43.9 Å². The van der Waals surface area contributed by atoms with Crippen molar-refractivity contribution >= 4 is 118 Å². The van der Waals surface area contributed by atoms with Gasteiger partial charge in [0.15, 0.2) is 0 Å². The van der Waals surface area contributed by atoms with Gasteiger partial charge in [-0.1, -0.05) is 115 Å². The summed E-state index contributed by atoms with van der Waals surface area (Å²) in [6.07, 6.45) is 0. The number of rotatable bonds is 2. The fourth-order valence-electron chi connectivity index (χ4n) is 8.17. The fraction of sp³-hybridized carbons (Fsp3) is 0. The monoisotopic (exact) mass is 673 g/mol. The van der Waals surface area contributed by atoms with Gasteiger partial charge in [-0.15, -0.1) is 22.7 Å². The van der Waals surface area contributed by atoms with Crippen LogP contribution in [-0.2, 0) is 0 Å². The minimum atomic E-state index is 0.586. The number of para-hydroxylation sites is 2.